The van der Waals surface area contributed by atoms with Gasteiger partial charge >= 0.3 is 12.3 Å². The second-order valence-corrected chi connectivity index (χ2v) is 18.2. The van der Waals surface area contributed by atoms with Gasteiger partial charge in [-0.3, -0.25) is 19.1 Å². The number of alkyl halides is 3. The van der Waals surface area contributed by atoms with Crippen molar-refractivity contribution >= 4 is 44.6 Å². The number of nitrogens with one attached hydrogen (secondary N) is 3. The van der Waals surface area contributed by atoms with Crippen molar-refractivity contribution in [3.63, 3.8) is 0 Å². The molecule has 3 fully saturated rings. The van der Waals surface area contributed by atoms with Crippen LogP contribution in [0, 0.1) is 17.8 Å². The van der Waals surface area contributed by atoms with Gasteiger partial charge < -0.3 is 25.0 Å². The summed E-state index contributed by atoms with van der Waals surface area (Å²) >= 11 is 0. The molecule has 2 heterocycles. The van der Waals surface area contributed by atoms with Crippen molar-refractivity contribution in [1.29, 1.82) is 0 Å². The lowest BCUT2D eigenvalue weighted by Crippen LogP contribution is -2.59. The van der Waals surface area contributed by atoms with Crippen LogP contribution in [0.1, 0.15) is 92.9 Å². The highest BCUT2D eigenvalue weighted by Gasteiger charge is 2.61. The van der Waals surface area contributed by atoms with Crippen LogP contribution in [0.15, 0.2) is 36.5 Å². The third-order valence-electron chi connectivity index (χ3n) is 10.9. The number of benzene rings is 1. The van der Waals surface area contributed by atoms with Gasteiger partial charge in [0.25, 0.3) is 5.91 Å². The van der Waals surface area contributed by atoms with Crippen LogP contribution in [0.25, 0.3) is 10.8 Å². The number of hydrogen-bond acceptors (Lipinski definition) is 9. The maximum atomic E-state index is 14.6. The summed E-state index contributed by atoms with van der Waals surface area (Å²) < 4.78 is 79.5. The predicted molar refractivity (Wildman–Crippen MR) is 197 cm³/mol. The average molecular weight is 796 g/mol. The molecule has 0 bridgehead atoms. The van der Waals surface area contributed by atoms with Crippen molar-refractivity contribution in [2.24, 2.45) is 17.8 Å². The third-order valence-corrected chi connectivity index (χ3v) is 12.7. The number of amides is 4. The molecule has 1 saturated heterocycles. The normalized spacial score (nSPS) is 23.9. The van der Waals surface area contributed by atoms with E-state index in [0.29, 0.717) is 50.8 Å². The van der Waals surface area contributed by atoms with Crippen molar-refractivity contribution in [2.45, 2.75) is 134 Å². The first kappa shape index (κ1) is 42.0. The zero-order valence-electron chi connectivity index (χ0n) is 32.1. The van der Waals surface area contributed by atoms with Crippen LogP contribution in [0.4, 0.5) is 18.0 Å². The Bertz CT molecular complexity index is 1870. The number of aromatic nitrogens is 1. The maximum Gasteiger partial charge on any atom is 0.427 e. The summed E-state index contributed by atoms with van der Waals surface area (Å²) in [5.74, 6) is -2.72. The van der Waals surface area contributed by atoms with E-state index >= 15 is 0 Å². The molecule has 1 aliphatic heterocycles. The van der Waals surface area contributed by atoms with Crippen LogP contribution in [0.2, 0.25) is 0 Å². The largest absolute Gasteiger partial charge is 0.472 e. The van der Waals surface area contributed by atoms with E-state index in [1.54, 1.807) is 38.2 Å². The lowest BCUT2D eigenvalue weighted by molar-refractivity contribution is -0.244. The minimum Gasteiger partial charge on any atom is -0.472 e. The lowest BCUT2D eigenvalue weighted by atomic mass is 9.93. The zero-order chi connectivity index (χ0) is 40.5. The summed E-state index contributed by atoms with van der Waals surface area (Å²) in [6.45, 7) is 8.75. The van der Waals surface area contributed by atoms with Crippen molar-refractivity contribution in [3.05, 3.63) is 36.5 Å². The number of hydrogen-bond donors (Lipinski definition) is 3. The highest BCUT2D eigenvalue weighted by atomic mass is 32.2. The first-order chi connectivity index (χ1) is 25.6. The van der Waals surface area contributed by atoms with Gasteiger partial charge in [0.05, 0.1) is 11.8 Å². The molecule has 2 saturated carbocycles. The van der Waals surface area contributed by atoms with Gasteiger partial charge in [-0.15, -0.1) is 0 Å². The van der Waals surface area contributed by atoms with Gasteiger partial charge in [-0.25, -0.2) is 18.2 Å². The summed E-state index contributed by atoms with van der Waals surface area (Å²) in [5, 5.41) is 5.95. The van der Waals surface area contributed by atoms with E-state index in [0.717, 1.165) is 18.2 Å². The number of alkyl carbamates (subject to hydrolysis) is 1. The molecule has 2 aromatic rings. The van der Waals surface area contributed by atoms with Crippen LogP contribution in [0.3, 0.4) is 0 Å². The number of rotatable bonds is 16. The van der Waals surface area contributed by atoms with Crippen molar-refractivity contribution in [1.82, 2.24) is 25.2 Å². The molecule has 17 heteroatoms. The minimum absolute atomic E-state index is 0.0734. The Kier molecular flexibility index (Phi) is 12.3. The summed E-state index contributed by atoms with van der Waals surface area (Å²) in [4.78, 5) is 60.9. The fourth-order valence-electron chi connectivity index (χ4n) is 6.93. The second-order valence-electron chi connectivity index (χ2n) is 16.2. The van der Waals surface area contributed by atoms with Crippen LogP contribution in [0.5, 0.6) is 5.88 Å². The van der Waals surface area contributed by atoms with Crippen molar-refractivity contribution < 1.29 is 50.2 Å². The summed E-state index contributed by atoms with van der Waals surface area (Å²) in [5.41, 5.74) is -4.41. The number of carbonyl (C=O) groups is 4. The number of halogens is 3. The number of unbranched alkanes of at least 4 members (excludes halogenated alkanes) is 1. The van der Waals surface area contributed by atoms with Gasteiger partial charge in [0.2, 0.25) is 33.3 Å². The third kappa shape index (κ3) is 9.81. The molecule has 0 spiro atoms. The van der Waals surface area contributed by atoms with Crippen LogP contribution in [-0.2, 0) is 29.1 Å². The minimum atomic E-state index is -4.90. The van der Waals surface area contributed by atoms with E-state index < -0.39 is 86.4 Å². The monoisotopic (exact) mass is 795 g/mol. The van der Waals surface area contributed by atoms with Crippen LogP contribution in [-0.4, -0.2) is 89.4 Å². The Morgan fingerprint density at radius 3 is 2.31 bits per heavy atom. The molecule has 13 nitrogen and oxygen atoms in total. The first-order valence-electron chi connectivity index (χ1n) is 18.9. The summed E-state index contributed by atoms with van der Waals surface area (Å²) in [6.07, 6.45) is -1.86. The van der Waals surface area contributed by atoms with Gasteiger partial charge in [0.15, 0.2) is 0 Å². The molecule has 3 aliphatic rings. The van der Waals surface area contributed by atoms with Gasteiger partial charge in [-0.2, -0.15) is 13.2 Å². The Labute approximate surface area is 319 Å². The molecule has 1 aromatic carbocycles. The Morgan fingerprint density at radius 2 is 1.69 bits per heavy atom. The molecule has 55 heavy (non-hydrogen) atoms. The molecule has 304 valence electrons. The van der Waals surface area contributed by atoms with Gasteiger partial charge in [-0.1, -0.05) is 65.2 Å². The zero-order valence-corrected chi connectivity index (χ0v) is 32.9. The van der Waals surface area contributed by atoms with Gasteiger partial charge in [0, 0.05) is 18.0 Å². The molecule has 4 amide bonds. The molecule has 1 aromatic heterocycles. The van der Waals surface area contributed by atoms with E-state index in [9.17, 15) is 40.8 Å². The number of fused-ring (bicyclic) bond motifs is 1. The van der Waals surface area contributed by atoms with Crippen LogP contribution < -0.4 is 20.1 Å². The Morgan fingerprint density at radius 1 is 1.04 bits per heavy atom. The quantitative estimate of drug-likeness (QED) is 0.189. The number of nitrogens with zero attached hydrogens (tertiary/aromatic N) is 2. The van der Waals surface area contributed by atoms with E-state index in [4.69, 9.17) is 9.47 Å². The number of likely N-dealkylation sites (tertiary alicyclic amines) is 1. The van der Waals surface area contributed by atoms with Gasteiger partial charge in [0.1, 0.15) is 23.7 Å². The average Bonchev–Trinajstić information content (AvgIpc) is 4.01. The standard InChI is InChI=1S/C38H52F3N5O8S/c1-22(2)11-7-8-12-23(3)30(43-35(50)54-36(5,6)38(39,40)41)33(48)46-21-26(53-32-28-14-10-9-13-25(28)17-18-42-32)19-29(46)31(47)44-37(20-24(37)4)34(49)45-55(51,52)27-15-16-27/h9-10,13-14,17-18,22-24,26-27,29-30H,7-8,11-12,15-16,19-21H2,1-6H3,(H,43,50)(H,44,47)(H,45,49). The van der Waals surface area contributed by atoms with E-state index in [1.165, 1.54) is 4.90 Å². The molecule has 0 radical (unpaired) electrons. The second kappa shape index (κ2) is 16.1. The lowest BCUT2D eigenvalue weighted by Gasteiger charge is -2.33. The van der Waals surface area contributed by atoms with E-state index in [1.807, 2.05) is 12.1 Å². The Balaban J connectivity index is 1.43. The van der Waals surface area contributed by atoms with Crippen molar-refractivity contribution in [3.8, 4) is 5.88 Å². The number of sulfonamides is 1. The fraction of sp³-hybridized carbons (Fsp3) is 0.658. The molecular weight excluding hydrogens is 744 g/mol. The molecule has 5 rings (SSSR count). The number of carbonyl (C=O) groups excluding carboxylic acids is 4. The first-order valence-corrected chi connectivity index (χ1v) is 20.4. The number of ether oxygens (including phenoxy) is 2. The van der Waals surface area contributed by atoms with E-state index in [2.05, 4.69) is 34.2 Å². The molecular formula is C38H52F3N5O8S. The smallest absolute Gasteiger partial charge is 0.427 e. The van der Waals surface area contributed by atoms with E-state index in [-0.39, 0.29) is 25.3 Å². The Hall–Kier alpha value is -4.15. The topological polar surface area (TPSA) is 173 Å². The molecule has 3 N–H and O–H groups in total. The molecule has 6 unspecified atom stereocenters. The van der Waals surface area contributed by atoms with Crippen LogP contribution >= 0.6 is 0 Å². The summed E-state index contributed by atoms with van der Waals surface area (Å²) in [6, 6.07) is 6.45. The fourth-order valence-corrected chi connectivity index (χ4v) is 8.30. The SMILES string of the molecule is CC(C)CCCCC(C)C(NC(=O)OC(C)(C)C(F)(F)F)C(=O)N1CC(Oc2nccc3ccccc23)CC1C(=O)NC1(C(=O)NS(=O)(=O)C2CC2)CC1C. The van der Waals surface area contributed by atoms with Crippen molar-refractivity contribution in [2.75, 3.05) is 6.54 Å². The van der Waals surface area contributed by atoms with Gasteiger partial charge in [-0.05, 0) is 74.8 Å². The number of pyridine rings is 1. The molecule has 2 aliphatic carbocycles. The highest BCUT2D eigenvalue weighted by molar-refractivity contribution is 7.91. The maximum absolute atomic E-state index is 14.6. The summed E-state index contributed by atoms with van der Waals surface area (Å²) in [7, 11) is -3.93. The highest BCUT2D eigenvalue weighted by Crippen LogP contribution is 2.44. The predicted octanol–water partition coefficient (Wildman–Crippen LogP) is 5.37. The molecule has 6 atom stereocenters.